The van der Waals surface area contributed by atoms with Crippen LogP contribution in [0.2, 0.25) is 0 Å². The van der Waals surface area contributed by atoms with Crippen LogP contribution in [0.3, 0.4) is 0 Å². The van der Waals surface area contributed by atoms with Gasteiger partial charge in [-0.15, -0.1) is 0 Å². The number of hydrogen-bond acceptors (Lipinski definition) is 3. The van der Waals surface area contributed by atoms with Crippen molar-refractivity contribution in [1.82, 2.24) is 5.09 Å². The van der Waals surface area contributed by atoms with Crippen LogP contribution in [0.25, 0.3) is 0 Å². The summed E-state index contributed by atoms with van der Waals surface area (Å²) < 4.78 is 16.9. The van der Waals surface area contributed by atoms with Crippen molar-refractivity contribution in [2.24, 2.45) is 5.92 Å². The molecule has 0 radical (unpaired) electrons. The Labute approximate surface area is 96.9 Å². The molecule has 0 aromatic rings. The van der Waals surface area contributed by atoms with E-state index in [0.717, 1.165) is 6.42 Å². The number of rotatable bonds is 5. The van der Waals surface area contributed by atoms with Crippen molar-refractivity contribution in [3.63, 3.8) is 0 Å². The Morgan fingerprint density at radius 1 is 1.56 bits per heavy atom. The molecule has 0 bridgehead atoms. The molecule has 0 aliphatic carbocycles. The van der Waals surface area contributed by atoms with Crippen LogP contribution in [-0.2, 0) is 14.1 Å². The quantitative estimate of drug-likeness (QED) is 0.596. The zero-order chi connectivity index (χ0) is 12.2. The Kier molecular flexibility index (Phi) is 4.75. The Morgan fingerprint density at radius 3 is 2.69 bits per heavy atom. The molecule has 2 unspecified atom stereocenters. The minimum Gasteiger partial charge on any atom is -0.468 e. The topological polar surface area (TPSA) is 55.4 Å². The van der Waals surface area contributed by atoms with Crippen LogP contribution in [0.15, 0.2) is 11.9 Å². The number of nitrogens with one attached hydrogen (secondary N) is 1. The van der Waals surface area contributed by atoms with Crippen LogP contribution in [0.4, 0.5) is 0 Å². The molecule has 4 nitrogen and oxygen atoms in total. The minimum absolute atomic E-state index is 0.329. The highest BCUT2D eigenvalue weighted by Crippen LogP contribution is 2.48. The monoisotopic (exact) mass is 245 g/mol. The van der Waals surface area contributed by atoms with E-state index in [1.165, 1.54) is 7.11 Å². The molecule has 0 fully saturated rings. The third kappa shape index (κ3) is 3.76. The van der Waals surface area contributed by atoms with Gasteiger partial charge in [-0.25, -0.2) is 0 Å². The van der Waals surface area contributed by atoms with Crippen LogP contribution in [-0.4, -0.2) is 25.3 Å². The summed E-state index contributed by atoms with van der Waals surface area (Å²) in [5.74, 6) is 1.74. The van der Waals surface area contributed by atoms with Crippen LogP contribution < -0.4 is 5.09 Å². The number of esters is 1. The van der Waals surface area contributed by atoms with E-state index >= 15 is 0 Å². The fourth-order valence-corrected chi connectivity index (χ4v) is 3.90. The molecule has 0 saturated carbocycles. The average molecular weight is 245 g/mol. The van der Waals surface area contributed by atoms with Crippen LogP contribution >= 0.6 is 7.29 Å². The minimum atomic E-state index is -2.48. The molecule has 0 aromatic heterocycles. The highest BCUT2D eigenvalue weighted by Gasteiger charge is 2.30. The molecule has 16 heavy (non-hydrogen) atoms. The van der Waals surface area contributed by atoms with E-state index in [1.54, 1.807) is 5.82 Å². The predicted octanol–water partition coefficient (Wildman–Crippen LogP) is 2.36. The van der Waals surface area contributed by atoms with Gasteiger partial charge in [0.05, 0.1) is 7.11 Å². The number of carbonyl (C=O) groups is 1. The Balaban J connectivity index is 2.66. The molecule has 0 amide bonds. The van der Waals surface area contributed by atoms with Crippen LogP contribution in [0, 0.1) is 5.92 Å². The van der Waals surface area contributed by atoms with Crippen molar-refractivity contribution in [3.8, 4) is 0 Å². The molecule has 1 rings (SSSR count). The second kappa shape index (κ2) is 5.65. The Morgan fingerprint density at radius 2 is 2.25 bits per heavy atom. The first-order chi connectivity index (χ1) is 7.47. The lowest BCUT2D eigenvalue weighted by atomic mass is 10.1. The largest absolute Gasteiger partial charge is 0.468 e. The van der Waals surface area contributed by atoms with Gasteiger partial charge in [-0.05, 0) is 24.6 Å². The van der Waals surface area contributed by atoms with E-state index in [9.17, 15) is 9.36 Å². The summed E-state index contributed by atoms with van der Waals surface area (Å²) in [4.78, 5) is 11.5. The van der Waals surface area contributed by atoms with Gasteiger partial charge in [0.1, 0.15) is 6.04 Å². The maximum absolute atomic E-state index is 12.2. The zero-order valence-electron chi connectivity index (χ0n) is 10.1. The molecule has 1 aliphatic rings. The van der Waals surface area contributed by atoms with Gasteiger partial charge in [0.25, 0.3) is 0 Å². The molecular weight excluding hydrogens is 225 g/mol. The molecule has 92 valence electrons. The van der Waals surface area contributed by atoms with Gasteiger partial charge in [0.2, 0.25) is 0 Å². The molecule has 1 aliphatic heterocycles. The van der Waals surface area contributed by atoms with Crippen LogP contribution in [0.5, 0.6) is 0 Å². The fraction of sp³-hybridized carbons (Fsp3) is 0.727. The third-order valence-corrected chi connectivity index (χ3v) is 4.91. The number of allylic oxidation sites excluding steroid dienone is 1. The number of ether oxygens (including phenoxy) is 1. The van der Waals surface area contributed by atoms with Crippen molar-refractivity contribution < 1.29 is 14.1 Å². The van der Waals surface area contributed by atoms with Crippen molar-refractivity contribution >= 4 is 13.3 Å². The summed E-state index contributed by atoms with van der Waals surface area (Å²) in [7, 11) is -1.12. The van der Waals surface area contributed by atoms with Gasteiger partial charge in [0.15, 0.2) is 7.29 Å². The molecule has 0 saturated heterocycles. The number of methoxy groups -OCH3 is 1. The number of hydrogen-bond donors (Lipinski definition) is 1. The van der Waals surface area contributed by atoms with Crippen molar-refractivity contribution in [3.05, 3.63) is 11.9 Å². The lowest BCUT2D eigenvalue weighted by Gasteiger charge is -2.21. The van der Waals surface area contributed by atoms with Gasteiger partial charge in [-0.1, -0.05) is 19.9 Å². The summed E-state index contributed by atoms with van der Waals surface area (Å²) in [6.45, 7) is 4.05. The van der Waals surface area contributed by atoms with Gasteiger partial charge < -0.3 is 9.30 Å². The number of carbonyl (C=O) groups excluding carboxylic acids is 1. The molecule has 0 aromatic carbocycles. The zero-order valence-corrected chi connectivity index (χ0v) is 11.0. The van der Waals surface area contributed by atoms with E-state index in [-0.39, 0.29) is 5.97 Å². The molecule has 1 heterocycles. The van der Waals surface area contributed by atoms with Crippen molar-refractivity contribution in [2.45, 2.75) is 32.7 Å². The highest BCUT2D eigenvalue weighted by atomic mass is 31.2. The fourth-order valence-electron chi connectivity index (χ4n) is 1.77. The standard InChI is InChI=1S/C11H20NO3P/c1-9(2)8-10(11(13)15-3)12-16(14)6-4-5-7-16/h4,6,9-10H,5,7-8H2,1-3H3,(H,12,14). The van der Waals surface area contributed by atoms with E-state index in [4.69, 9.17) is 4.74 Å². The second-order valence-electron chi connectivity index (χ2n) is 4.53. The van der Waals surface area contributed by atoms with E-state index < -0.39 is 13.3 Å². The van der Waals surface area contributed by atoms with E-state index in [0.29, 0.717) is 18.5 Å². The SMILES string of the molecule is COC(=O)C(CC(C)C)NP1(=O)C=CCC1. The lowest BCUT2D eigenvalue weighted by Crippen LogP contribution is -2.36. The van der Waals surface area contributed by atoms with Gasteiger partial charge in [-0.2, -0.15) is 0 Å². The van der Waals surface area contributed by atoms with Gasteiger partial charge >= 0.3 is 5.97 Å². The smallest absolute Gasteiger partial charge is 0.323 e. The van der Waals surface area contributed by atoms with Gasteiger partial charge in [-0.3, -0.25) is 9.88 Å². The van der Waals surface area contributed by atoms with Gasteiger partial charge in [0, 0.05) is 6.16 Å². The first-order valence-electron chi connectivity index (χ1n) is 5.59. The predicted molar refractivity (Wildman–Crippen MR) is 64.6 cm³/mol. The van der Waals surface area contributed by atoms with Crippen molar-refractivity contribution in [2.75, 3.05) is 13.3 Å². The summed E-state index contributed by atoms with van der Waals surface area (Å²) in [5.41, 5.74) is 0. The van der Waals surface area contributed by atoms with Crippen LogP contribution in [0.1, 0.15) is 26.7 Å². The second-order valence-corrected chi connectivity index (χ2v) is 7.12. The van der Waals surface area contributed by atoms with E-state index in [1.807, 2.05) is 19.9 Å². The molecule has 2 atom stereocenters. The molecule has 0 spiro atoms. The maximum Gasteiger partial charge on any atom is 0.323 e. The average Bonchev–Trinajstić information content (AvgIpc) is 2.62. The molecule has 1 N–H and O–H groups in total. The van der Waals surface area contributed by atoms with Crippen molar-refractivity contribution in [1.29, 1.82) is 0 Å². The first-order valence-corrected chi connectivity index (χ1v) is 7.55. The highest BCUT2D eigenvalue weighted by molar-refractivity contribution is 7.65. The molecule has 5 heteroatoms. The Bertz CT molecular complexity index is 325. The van der Waals surface area contributed by atoms with E-state index in [2.05, 4.69) is 5.09 Å². The maximum atomic E-state index is 12.2. The Hall–Kier alpha value is -0.600. The first kappa shape index (κ1) is 13.5. The summed E-state index contributed by atoms with van der Waals surface area (Å²) in [6, 6.07) is -0.460. The molecular formula is C11H20NO3P. The third-order valence-electron chi connectivity index (χ3n) is 2.54. The lowest BCUT2D eigenvalue weighted by molar-refractivity contribution is -0.143. The summed E-state index contributed by atoms with van der Waals surface area (Å²) >= 11 is 0. The normalized spacial score (nSPS) is 26.0. The summed E-state index contributed by atoms with van der Waals surface area (Å²) in [5, 5.41) is 2.97. The summed E-state index contributed by atoms with van der Waals surface area (Å²) in [6.07, 6.45) is 3.97.